The first kappa shape index (κ1) is 12.6. The summed E-state index contributed by atoms with van der Waals surface area (Å²) in [6.45, 7) is 0. The van der Waals surface area contributed by atoms with Gasteiger partial charge in [-0.1, -0.05) is 18.2 Å². The largest absolute Gasteiger partial charge is 0.480 e. The summed E-state index contributed by atoms with van der Waals surface area (Å²) in [7, 11) is 1.34. The molecule has 2 aromatic rings. The van der Waals surface area contributed by atoms with Crippen molar-refractivity contribution in [3.63, 3.8) is 0 Å². The lowest BCUT2D eigenvalue weighted by Gasteiger charge is -2.20. The summed E-state index contributed by atoms with van der Waals surface area (Å²) >= 11 is 0. The van der Waals surface area contributed by atoms with E-state index >= 15 is 0 Å². The molecule has 4 N–H and O–H groups in total. The van der Waals surface area contributed by atoms with Crippen LogP contribution in [0.1, 0.15) is 5.56 Å². The molecule has 0 spiro atoms. The zero-order valence-corrected chi connectivity index (χ0v) is 9.96. The summed E-state index contributed by atoms with van der Waals surface area (Å²) in [6, 6.07) is 6.78. The van der Waals surface area contributed by atoms with E-state index in [4.69, 9.17) is 15.8 Å². The number of hydrogen-bond acceptors (Lipinski definition) is 4. The van der Waals surface area contributed by atoms with Gasteiger partial charge in [0.05, 0.1) is 7.11 Å². The van der Waals surface area contributed by atoms with Crippen molar-refractivity contribution in [2.24, 2.45) is 5.84 Å². The number of H-pyrrole nitrogens is 1. The minimum atomic E-state index is -1.02. The Morgan fingerprint density at radius 1 is 1.56 bits per heavy atom. The number of carboxylic acids is 1. The monoisotopic (exact) mass is 249 g/mol. The Kier molecular flexibility index (Phi) is 3.61. The van der Waals surface area contributed by atoms with Gasteiger partial charge in [-0.25, -0.2) is 5.84 Å². The van der Waals surface area contributed by atoms with Crippen molar-refractivity contribution in [1.82, 2.24) is 10.2 Å². The van der Waals surface area contributed by atoms with Crippen molar-refractivity contribution in [3.05, 3.63) is 36.0 Å². The van der Waals surface area contributed by atoms with Crippen LogP contribution in [-0.2, 0) is 16.1 Å². The van der Waals surface area contributed by atoms with Crippen molar-refractivity contribution in [2.75, 3.05) is 7.11 Å². The van der Waals surface area contributed by atoms with E-state index in [9.17, 15) is 4.79 Å². The van der Waals surface area contributed by atoms with Crippen LogP contribution in [-0.4, -0.2) is 34.4 Å². The number of nitrogens with two attached hydrogens (primary N) is 1. The summed E-state index contributed by atoms with van der Waals surface area (Å²) < 4.78 is 0. The Balaban J connectivity index is 2.29. The van der Waals surface area contributed by atoms with Gasteiger partial charge in [0, 0.05) is 23.5 Å². The quantitative estimate of drug-likeness (QED) is 0.541. The Labute approximate surface area is 104 Å². The topological polar surface area (TPSA) is 91.6 Å². The Bertz CT molecular complexity index is 552. The number of carboxylic acid groups (broad SMARTS) is 1. The van der Waals surface area contributed by atoms with Crippen LogP contribution >= 0.6 is 0 Å². The third-order valence-corrected chi connectivity index (χ3v) is 2.89. The molecule has 96 valence electrons. The maximum atomic E-state index is 11.2. The molecule has 1 atom stereocenters. The molecule has 0 unspecified atom stereocenters. The van der Waals surface area contributed by atoms with Crippen molar-refractivity contribution in [1.29, 1.82) is 0 Å². The molecule has 0 saturated carbocycles. The third-order valence-electron chi connectivity index (χ3n) is 2.89. The second-order valence-corrected chi connectivity index (χ2v) is 3.96. The first-order valence-electron chi connectivity index (χ1n) is 5.49. The zero-order chi connectivity index (χ0) is 13.1. The van der Waals surface area contributed by atoms with Gasteiger partial charge in [0.1, 0.15) is 0 Å². The number of hydroxylamine groups is 1. The molecule has 0 aliphatic rings. The zero-order valence-electron chi connectivity index (χ0n) is 9.96. The van der Waals surface area contributed by atoms with E-state index in [1.165, 1.54) is 7.11 Å². The number of hydrazine groups is 1. The van der Waals surface area contributed by atoms with Crippen LogP contribution in [0.15, 0.2) is 30.5 Å². The number of benzene rings is 1. The summed E-state index contributed by atoms with van der Waals surface area (Å²) in [5.74, 6) is 4.48. The summed E-state index contributed by atoms with van der Waals surface area (Å²) in [5.41, 5.74) is 1.86. The molecule has 6 heteroatoms. The fourth-order valence-electron chi connectivity index (χ4n) is 1.92. The molecule has 0 aliphatic heterocycles. The van der Waals surface area contributed by atoms with E-state index < -0.39 is 12.0 Å². The molecule has 1 aromatic heterocycles. The van der Waals surface area contributed by atoms with Gasteiger partial charge in [-0.2, -0.15) is 0 Å². The average molecular weight is 249 g/mol. The molecule has 2 rings (SSSR count). The highest BCUT2D eigenvalue weighted by atomic mass is 16.7. The number of nitrogens with zero attached hydrogens (tertiary/aromatic N) is 1. The molecule has 18 heavy (non-hydrogen) atoms. The number of aliphatic carboxylic acids is 1. The number of hydrogen-bond donors (Lipinski definition) is 3. The SMILES string of the molecule is CON(N)[C@@H](Cc1c[nH]c2ccccc12)C(=O)O. The van der Waals surface area contributed by atoms with Crippen LogP contribution in [0.5, 0.6) is 0 Å². The second kappa shape index (κ2) is 5.18. The Morgan fingerprint density at radius 3 is 2.94 bits per heavy atom. The number of aromatic nitrogens is 1. The molecule has 0 saturated heterocycles. The second-order valence-electron chi connectivity index (χ2n) is 3.96. The van der Waals surface area contributed by atoms with Crippen LogP contribution in [0.2, 0.25) is 0 Å². The minimum absolute atomic E-state index is 0.268. The highest BCUT2D eigenvalue weighted by Gasteiger charge is 2.25. The van der Waals surface area contributed by atoms with Gasteiger partial charge < -0.3 is 10.1 Å². The number of aromatic amines is 1. The highest BCUT2D eigenvalue weighted by molar-refractivity contribution is 5.84. The average Bonchev–Trinajstić information content (AvgIpc) is 2.78. The lowest BCUT2D eigenvalue weighted by atomic mass is 10.1. The molecule has 1 heterocycles. The van der Waals surface area contributed by atoms with E-state index in [1.807, 2.05) is 24.3 Å². The molecular formula is C12H15N3O3. The number of nitrogens with one attached hydrogen (secondary N) is 1. The van der Waals surface area contributed by atoms with Gasteiger partial charge in [-0.05, 0) is 11.6 Å². The van der Waals surface area contributed by atoms with Crippen molar-refractivity contribution >= 4 is 16.9 Å². The number of para-hydroxylation sites is 1. The molecule has 0 aliphatic carbocycles. The molecule has 0 fully saturated rings. The van der Waals surface area contributed by atoms with Gasteiger partial charge in [0.25, 0.3) is 0 Å². The Hall–Kier alpha value is -1.89. The van der Waals surface area contributed by atoms with Crippen LogP contribution in [0.4, 0.5) is 0 Å². The normalized spacial score (nSPS) is 13.1. The molecule has 6 nitrogen and oxygen atoms in total. The van der Waals surface area contributed by atoms with E-state index in [0.717, 1.165) is 21.6 Å². The van der Waals surface area contributed by atoms with Crippen LogP contribution in [0, 0.1) is 0 Å². The number of fused-ring (bicyclic) bond motifs is 1. The van der Waals surface area contributed by atoms with Gasteiger partial charge in [-0.15, -0.1) is 5.17 Å². The molecule has 0 radical (unpaired) electrons. The van der Waals surface area contributed by atoms with Crippen LogP contribution in [0.3, 0.4) is 0 Å². The van der Waals surface area contributed by atoms with Gasteiger partial charge in [-0.3, -0.25) is 9.63 Å². The molecule has 0 bridgehead atoms. The van der Waals surface area contributed by atoms with Gasteiger partial charge in [0.2, 0.25) is 0 Å². The molecule has 0 amide bonds. The highest BCUT2D eigenvalue weighted by Crippen LogP contribution is 2.20. The van der Waals surface area contributed by atoms with Crippen LogP contribution in [0.25, 0.3) is 10.9 Å². The summed E-state index contributed by atoms with van der Waals surface area (Å²) in [5, 5.41) is 11.0. The van der Waals surface area contributed by atoms with Gasteiger partial charge in [0.15, 0.2) is 6.04 Å². The van der Waals surface area contributed by atoms with Crippen molar-refractivity contribution in [2.45, 2.75) is 12.5 Å². The molecular weight excluding hydrogens is 234 g/mol. The smallest absolute Gasteiger partial charge is 0.325 e. The summed E-state index contributed by atoms with van der Waals surface area (Å²) in [4.78, 5) is 19.0. The third kappa shape index (κ3) is 2.35. The lowest BCUT2D eigenvalue weighted by Crippen LogP contribution is -2.46. The predicted molar refractivity (Wildman–Crippen MR) is 66.5 cm³/mol. The van der Waals surface area contributed by atoms with E-state index in [-0.39, 0.29) is 6.42 Å². The predicted octanol–water partition coefficient (Wildman–Crippen LogP) is 0.901. The van der Waals surface area contributed by atoms with E-state index in [0.29, 0.717) is 0 Å². The van der Waals surface area contributed by atoms with Crippen LogP contribution < -0.4 is 5.84 Å². The lowest BCUT2D eigenvalue weighted by molar-refractivity contribution is -0.185. The first-order valence-corrected chi connectivity index (χ1v) is 5.49. The molecule has 1 aromatic carbocycles. The number of rotatable bonds is 5. The first-order chi connectivity index (χ1) is 8.63. The van der Waals surface area contributed by atoms with Gasteiger partial charge >= 0.3 is 5.97 Å². The van der Waals surface area contributed by atoms with Crippen molar-refractivity contribution in [3.8, 4) is 0 Å². The standard InChI is InChI=1S/C12H15N3O3/c1-18-15(13)11(12(16)17)6-8-7-14-10-5-3-2-4-9(8)10/h2-5,7,11,14H,6,13H2,1H3,(H,16,17)/t11-/m0/s1. The van der Waals surface area contributed by atoms with E-state index in [1.54, 1.807) is 6.20 Å². The maximum Gasteiger partial charge on any atom is 0.325 e. The Morgan fingerprint density at radius 2 is 2.28 bits per heavy atom. The number of carbonyl (C=O) groups is 1. The summed E-state index contributed by atoms with van der Waals surface area (Å²) in [6.07, 6.45) is 2.06. The van der Waals surface area contributed by atoms with Crippen molar-refractivity contribution < 1.29 is 14.7 Å². The van der Waals surface area contributed by atoms with E-state index in [2.05, 4.69) is 4.98 Å². The fraction of sp³-hybridized carbons (Fsp3) is 0.250. The maximum absolute atomic E-state index is 11.2. The minimum Gasteiger partial charge on any atom is -0.480 e. The fourth-order valence-corrected chi connectivity index (χ4v) is 1.92.